The monoisotopic (exact) mass is 292 g/mol. The van der Waals surface area contributed by atoms with Crippen molar-refractivity contribution in [2.24, 2.45) is 0 Å². The number of aromatic nitrogens is 1. The molecule has 1 aromatic carbocycles. The minimum Gasteiger partial charge on any atom is -0.393 e. The molecule has 1 amide bonds. The first-order chi connectivity index (χ1) is 10.1. The van der Waals surface area contributed by atoms with E-state index in [1.165, 1.54) is 16.1 Å². The Morgan fingerprint density at radius 2 is 2.14 bits per heavy atom. The molecule has 0 fully saturated rings. The Bertz CT molecular complexity index is 687. The van der Waals surface area contributed by atoms with Gasteiger partial charge in [-0.15, -0.1) is 11.3 Å². The highest BCUT2D eigenvalue weighted by Gasteiger charge is 2.19. The molecular formula is C14H12B2N3OS. The smallest absolute Gasteiger partial charge is 0.269 e. The van der Waals surface area contributed by atoms with Gasteiger partial charge >= 0.3 is 0 Å². The van der Waals surface area contributed by atoms with Crippen molar-refractivity contribution in [1.29, 1.82) is 0 Å². The van der Waals surface area contributed by atoms with Gasteiger partial charge in [0.05, 0.1) is 20.1 Å². The molecule has 7 heteroatoms. The van der Waals surface area contributed by atoms with Crippen LogP contribution in [0.1, 0.15) is 14.7 Å². The van der Waals surface area contributed by atoms with E-state index in [9.17, 15) is 4.79 Å². The lowest BCUT2D eigenvalue weighted by Crippen LogP contribution is -2.34. The normalized spacial score (nSPS) is 9.95. The van der Waals surface area contributed by atoms with E-state index in [1.54, 1.807) is 26.4 Å². The van der Waals surface area contributed by atoms with Crippen molar-refractivity contribution in [3.63, 3.8) is 0 Å². The molecule has 0 unspecified atom stereocenters. The van der Waals surface area contributed by atoms with Crippen molar-refractivity contribution in [2.75, 3.05) is 6.44 Å². The molecular weight excluding hydrogens is 280 g/mol. The van der Waals surface area contributed by atoms with Crippen molar-refractivity contribution < 1.29 is 4.79 Å². The Hall–Kier alpha value is -2.06. The predicted molar refractivity (Wildman–Crippen MR) is 87.0 cm³/mol. The van der Waals surface area contributed by atoms with Gasteiger partial charge < -0.3 is 4.81 Å². The lowest BCUT2D eigenvalue weighted by molar-refractivity contribution is 0.0875. The van der Waals surface area contributed by atoms with Crippen molar-refractivity contribution in [3.8, 4) is 11.3 Å². The van der Waals surface area contributed by atoms with E-state index in [2.05, 4.69) is 9.83 Å². The van der Waals surface area contributed by atoms with Crippen LogP contribution in [0, 0.1) is 13.5 Å². The number of carbonyl (C=O) groups is 1. The summed E-state index contributed by atoms with van der Waals surface area (Å²) < 4.78 is 0. The van der Waals surface area contributed by atoms with E-state index in [-0.39, 0.29) is 12.4 Å². The van der Waals surface area contributed by atoms with Crippen molar-refractivity contribution in [3.05, 3.63) is 45.6 Å². The first-order valence-electron chi connectivity index (χ1n) is 6.36. The second kappa shape index (κ2) is 6.59. The molecule has 3 radical (unpaired) electrons. The number of amides is 1. The molecule has 0 aliphatic heterocycles. The zero-order valence-electron chi connectivity index (χ0n) is 11.8. The van der Waals surface area contributed by atoms with Gasteiger partial charge in [0, 0.05) is 4.88 Å². The van der Waals surface area contributed by atoms with Gasteiger partial charge in [-0.1, -0.05) is 31.1 Å². The van der Waals surface area contributed by atoms with Gasteiger partial charge in [-0.3, -0.25) is 4.79 Å². The summed E-state index contributed by atoms with van der Waals surface area (Å²) >= 11 is 1.35. The van der Waals surface area contributed by atoms with E-state index < -0.39 is 0 Å². The summed E-state index contributed by atoms with van der Waals surface area (Å²) in [5.74, 6) is -0.197. The number of thiazole rings is 1. The average Bonchev–Trinajstić information content (AvgIpc) is 2.90. The number of carbonyl (C=O) groups excluding carboxylic acids is 1. The average molecular weight is 292 g/mol. The molecule has 0 spiro atoms. The lowest BCUT2D eigenvalue weighted by atomic mass is 9.92. The second-order valence-corrected chi connectivity index (χ2v) is 5.50. The van der Waals surface area contributed by atoms with Crippen LogP contribution in [0.3, 0.4) is 0 Å². The van der Waals surface area contributed by atoms with E-state index in [0.717, 1.165) is 16.1 Å². The molecule has 21 heavy (non-hydrogen) atoms. The molecule has 1 heterocycles. The van der Waals surface area contributed by atoms with Crippen LogP contribution in [0.25, 0.3) is 16.1 Å². The topological polar surface area (TPSA) is 37.6 Å². The minimum atomic E-state index is -0.197. The Kier molecular flexibility index (Phi) is 4.81. The second-order valence-electron chi connectivity index (χ2n) is 4.30. The van der Waals surface area contributed by atoms with Gasteiger partial charge in [0.15, 0.2) is 10.7 Å². The van der Waals surface area contributed by atoms with Crippen LogP contribution in [0.5, 0.6) is 0 Å². The van der Waals surface area contributed by atoms with Crippen LogP contribution >= 0.6 is 11.3 Å². The van der Waals surface area contributed by atoms with Crippen molar-refractivity contribution in [2.45, 2.75) is 13.7 Å². The maximum Gasteiger partial charge on any atom is 0.269 e. The summed E-state index contributed by atoms with van der Waals surface area (Å²) in [6.45, 7) is 10.6. The molecule has 0 N–H and O–H groups in total. The molecule has 1 aromatic heterocycles. The number of hydrogen-bond donors (Lipinski definition) is 0. The maximum absolute atomic E-state index is 12.2. The summed E-state index contributed by atoms with van der Waals surface area (Å²) in [5.41, 5.74) is 2.25. The Labute approximate surface area is 130 Å². The van der Waals surface area contributed by atoms with Gasteiger partial charge in [-0.05, 0) is 18.9 Å². The van der Waals surface area contributed by atoms with Gasteiger partial charge in [-0.25, -0.2) is 9.83 Å². The first-order valence-corrected chi connectivity index (χ1v) is 7.18. The zero-order chi connectivity index (χ0) is 15.4. The molecule has 2 aromatic rings. The van der Waals surface area contributed by atoms with E-state index in [0.29, 0.717) is 10.7 Å². The fourth-order valence-electron chi connectivity index (χ4n) is 1.88. The fourth-order valence-corrected chi connectivity index (χ4v) is 2.77. The largest absolute Gasteiger partial charge is 0.393 e. The molecule has 2 rings (SSSR count). The van der Waals surface area contributed by atoms with Gasteiger partial charge in [0.25, 0.3) is 5.91 Å². The van der Waals surface area contributed by atoms with Gasteiger partial charge in [0.1, 0.15) is 0 Å². The van der Waals surface area contributed by atoms with E-state index in [4.69, 9.17) is 14.4 Å². The molecule has 101 valence electrons. The SMILES string of the molecule is [B]CN([B]C)C(=O)c1nc(-c2ccc([N+]#[C-])cc2)c(C)s1. The number of aryl methyl sites for hydroxylation is 1. The van der Waals surface area contributed by atoms with Crippen LogP contribution in [0.4, 0.5) is 5.69 Å². The molecule has 0 aliphatic rings. The third-order valence-corrected chi connectivity index (χ3v) is 3.98. The first kappa shape index (κ1) is 15.3. The Balaban J connectivity index is 2.34. The van der Waals surface area contributed by atoms with Crippen LogP contribution in [0.2, 0.25) is 6.82 Å². The summed E-state index contributed by atoms with van der Waals surface area (Å²) in [4.78, 5) is 22.4. The molecule has 4 nitrogen and oxygen atoms in total. The zero-order valence-corrected chi connectivity index (χ0v) is 12.6. The minimum absolute atomic E-state index is 0.128. The quantitative estimate of drug-likeness (QED) is 0.642. The summed E-state index contributed by atoms with van der Waals surface area (Å²) in [6.07, 6.45) is 0.128. The predicted octanol–water partition coefficient (Wildman–Crippen LogP) is 2.90. The summed E-state index contributed by atoms with van der Waals surface area (Å²) in [5, 5.41) is 0.417. The lowest BCUT2D eigenvalue weighted by Gasteiger charge is -2.16. The van der Waals surface area contributed by atoms with E-state index in [1.807, 2.05) is 19.1 Å². The molecule has 0 saturated heterocycles. The van der Waals surface area contributed by atoms with Crippen LogP contribution in [0.15, 0.2) is 24.3 Å². The number of hydrogen-bond acceptors (Lipinski definition) is 3. The fraction of sp³-hybridized carbons (Fsp3) is 0.214. The van der Waals surface area contributed by atoms with Crippen LogP contribution < -0.4 is 0 Å². The van der Waals surface area contributed by atoms with Gasteiger partial charge in [0.2, 0.25) is 7.41 Å². The summed E-state index contributed by atoms with van der Waals surface area (Å²) in [6, 6.07) is 7.18. The summed E-state index contributed by atoms with van der Waals surface area (Å²) in [7, 11) is 7.17. The van der Waals surface area contributed by atoms with Crippen LogP contribution in [-0.4, -0.2) is 37.4 Å². The Morgan fingerprint density at radius 1 is 1.48 bits per heavy atom. The highest BCUT2D eigenvalue weighted by molar-refractivity contribution is 7.14. The molecule has 0 atom stereocenters. The highest BCUT2D eigenvalue weighted by atomic mass is 32.1. The maximum atomic E-state index is 12.2. The van der Waals surface area contributed by atoms with E-state index >= 15 is 0 Å². The molecule has 0 aliphatic carbocycles. The third-order valence-electron chi connectivity index (χ3n) is 3.02. The number of rotatable bonds is 4. The number of nitrogens with zero attached hydrogens (tertiary/aromatic N) is 3. The number of benzene rings is 1. The molecule has 0 bridgehead atoms. The molecule has 0 saturated carbocycles. The van der Waals surface area contributed by atoms with Crippen LogP contribution in [-0.2, 0) is 0 Å². The standard InChI is InChI=1S/C14H12B2N3OS/c1-9-12(10-4-6-11(17-3)7-5-10)18-13(21-9)14(20)19(8-15)16-2/h4-7H,8H2,1-2H3. The Morgan fingerprint density at radius 3 is 2.67 bits per heavy atom. The third kappa shape index (κ3) is 3.17. The van der Waals surface area contributed by atoms with Gasteiger partial charge in [-0.2, -0.15) is 0 Å². The highest BCUT2D eigenvalue weighted by Crippen LogP contribution is 2.29. The van der Waals surface area contributed by atoms with Crippen molar-refractivity contribution in [1.82, 2.24) is 9.79 Å². The van der Waals surface area contributed by atoms with Crippen molar-refractivity contribution >= 4 is 38.2 Å².